The molecule has 2 saturated heterocycles. The number of nitrogens with zero attached hydrogens (tertiary/aromatic N) is 3. The van der Waals surface area contributed by atoms with Gasteiger partial charge in [-0.25, -0.2) is 9.97 Å². The quantitative estimate of drug-likeness (QED) is 0.917. The molecule has 1 amide bonds. The zero-order chi connectivity index (χ0) is 14.2. The summed E-state index contributed by atoms with van der Waals surface area (Å²) >= 11 is 1.66. The summed E-state index contributed by atoms with van der Waals surface area (Å²) in [7, 11) is 0. The number of aromatic nitrogens is 2. The normalized spacial score (nSPS) is 22.5. The highest BCUT2D eigenvalue weighted by Gasteiger charge is 2.33. The fourth-order valence-corrected chi connectivity index (χ4v) is 3.67. The van der Waals surface area contributed by atoms with Crippen LogP contribution in [0.3, 0.4) is 0 Å². The minimum atomic E-state index is 0.0297. The van der Waals surface area contributed by atoms with Crippen molar-refractivity contribution in [2.24, 2.45) is 5.92 Å². The lowest BCUT2D eigenvalue weighted by Gasteiger charge is -2.40. The Bertz CT molecular complexity index is 662. The summed E-state index contributed by atoms with van der Waals surface area (Å²) in [6.07, 6.45) is 2.44. The van der Waals surface area contributed by atoms with Crippen LogP contribution in [0.2, 0.25) is 0 Å². The minimum Gasteiger partial charge on any atom is -0.381 e. The van der Waals surface area contributed by atoms with Crippen molar-refractivity contribution < 1.29 is 9.53 Å². The number of carbonyl (C=O) groups is 1. The molecule has 21 heavy (non-hydrogen) atoms. The number of hydrogen-bond donors (Lipinski definition) is 1. The van der Waals surface area contributed by atoms with E-state index in [0.717, 1.165) is 35.5 Å². The predicted molar refractivity (Wildman–Crippen MR) is 80.5 cm³/mol. The Labute approximate surface area is 126 Å². The van der Waals surface area contributed by atoms with Crippen molar-refractivity contribution in [3.63, 3.8) is 0 Å². The number of nitrogens with one attached hydrogen (secondary N) is 1. The van der Waals surface area contributed by atoms with Crippen LogP contribution in [0.15, 0.2) is 17.8 Å². The predicted octanol–water partition coefficient (Wildman–Crippen LogP) is 1.03. The van der Waals surface area contributed by atoms with Gasteiger partial charge in [0.15, 0.2) is 0 Å². The van der Waals surface area contributed by atoms with E-state index in [9.17, 15) is 4.79 Å². The van der Waals surface area contributed by atoms with Gasteiger partial charge in [0.1, 0.15) is 12.1 Å². The maximum Gasteiger partial charge on any atom is 0.225 e. The third-order valence-corrected chi connectivity index (χ3v) is 4.95. The Morgan fingerprint density at radius 3 is 3.14 bits per heavy atom. The van der Waals surface area contributed by atoms with E-state index in [2.05, 4.69) is 20.2 Å². The van der Waals surface area contributed by atoms with E-state index < -0.39 is 0 Å². The molecular weight excluding hydrogens is 288 g/mol. The van der Waals surface area contributed by atoms with E-state index in [-0.39, 0.29) is 17.9 Å². The van der Waals surface area contributed by atoms with Gasteiger partial charge >= 0.3 is 0 Å². The number of rotatable bonds is 3. The van der Waals surface area contributed by atoms with Crippen LogP contribution in [0.1, 0.15) is 6.42 Å². The third-order valence-electron chi connectivity index (χ3n) is 4.05. The number of fused-ring (bicyclic) bond motifs is 1. The summed E-state index contributed by atoms with van der Waals surface area (Å²) < 4.78 is 6.37. The van der Waals surface area contributed by atoms with Gasteiger partial charge in [-0.05, 0) is 17.9 Å². The van der Waals surface area contributed by atoms with Crippen LogP contribution in [0.4, 0.5) is 5.82 Å². The van der Waals surface area contributed by atoms with Crippen LogP contribution in [0, 0.1) is 5.92 Å². The zero-order valence-electron chi connectivity index (χ0n) is 11.5. The average molecular weight is 304 g/mol. The number of anilines is 1. The standard InChI is InChI=1S/C14H16N4O2S/c19-14(9-1-3-20-7-9)17-10-5-18(6-10)13-12-11(2-4-21-12)15-8-16-13/h2,4,8-10H,1,3,5-7H2,(H,17,19). The van der Waals surface area contributed by atoms with E-state index in [4.69, 9.17) is 4.74 Å². The molecule has 2 aliphatic rings. The molecule has 2 fully saturated rings. The van der Waals surface area contributed by atoms with Gasteiger partial charge in [-0.15, -0.1) is 11.3 Å². The Balaban J connectivity index is 1.38. The SMILES string of the molecule is O=C(NC1CN(c2ncnc3ccsc23)C1)C1CCOC1. The number of thiophene rings is 1. The van der Waals surface area contributed by atoms with Gasteiger partial charge in [-0.2, -0.15) is 0 Å². The molecule has 2 aliphatic heterocycles. The van der Waals surface area contributed by atoms with Crippen LogP contribution in [0.5, 0.6) is 0 Å². The molecule has 2 aromatic rings. The van der Waals surface area contributed by atoms with E-state index in [0.29, 0.717) is 13.2 Å². The Hall–Kier alpha value is -1.73. The highest BCUT2D eigenvalue weighted by atomic mass is 32.1. The molecule has 1 atom stereocenters. The van der Waals surface area contributed by atoms with Crippen molar-refractivity contribution in [1.82, 2.24) is 15.3 Å². The number of hydrogen-bond acceptors (Lipinski definition) is 6. The fraction of sp³-hybridized carbons (Fsp3) is 0.500. The molecule has 7 heteroatoms. The molecule has 4 heterocycles. The molecule has 4 rings (SSSR count). The molecule has 0 aromatic carbocycles. The molecular formula is C14H16N4O2S. The van der Waals surface area contributed by atoms with Crippen LogP contribution in [-0.4, -0.2) is 48.2 Å². The van der Waals surface area contributed by atoms with Gasteiger partial charge in [-0.3, -0.25) is 4.79 Å². The molecule has 0 radical (unpaired) electrons. The van der Waals surface area contributed by atoms with E-state index in [1.165, 1.54) is 0 Å². The summed E-state index contributed by atoms with van der Waals surface area (Å²) in [4.78, 5) is 22.9. The second-order valence-electron chi connectivity index (χ2n) is 5.50. The summed E-state index contributed by atoms with van der Waals surface area (Å²) in [6, 6.07) is 2.22. The summed E-state index contributed by atoms with van der Waals surface area (Å²) in [6.45, 7) is 2.88. The third kappa shape index (κ3) is 2.36. The van der Waals surface area contributed by atoms with Gasteiger partial charge in [0, 0.05) is 19.7 Å². The molecule has 0 bridgehead atoms. The molecule has 0 saturated carbocycles. The number of amides is 1. The first kappa shape index (κ1) is 13.0. The van der Waals surface area contributed by atoms with Crippen molar-refractivity contribution in [3.05, 3.63) is 17.8 Å². The molecule has 0 aliphatic carbocycles. The van der Waals surface area contributed by atoms with Crippen molar-refractivity contribution in [3.8, 4) is 0 Å². The van der Waals surface area contributed by atoms with Crippen molar-refractivity contribution in [2.75, 3.05) is 31.2 Å². The van der Waals surface area contributed by atoms with Crippen LogP contribution >= 0.6 is 11.3 Å². The summed E-state index contributed by atoms with van der Waals surface area (Å²) in [5.41, 5.74) is 0.987. The van der Waals surface area contributed by atoms with Gasteiger partial charge < -0.3 is 15.0 Å². The van der Waals surface area contributed by atoms with Crippen LogP contribution in [0.25, 0.3) is 10.2 Å². The van der Waals surface area contributed by atoms with E-state index in [1.54, 1.807) is 17.7 Å². The molecule has 0 spiro atoms. The van der Waals surface area contributed by atoms with Crippen LogP contribution in [-0.2, 0) is 9.53 Å². The monoisotopic (exact) mass is 304 g/mol. The number of carbonyl (C=O) groups excluding carboxylic acids is 1. The lowest BCUT2D eigenvalue weighted by Crippen LogP contribution is -2.60. The minimum absolute atomic E-state index is 0.0297. The average Bonchev–Trinajstić information content (AvgIpc) is 3.11. The molecule has 1 unspecified atom stereocenters. The van der Waals surface area contributed by atoms with Gasteiger partial charge in [0.05, 0.1) is 28.8 Å². The Morgan fingerprint density at radius 1 is 1.43 bits per heavy atom. The Kier molecular flexibility index (Phi) is 3.23. The molecule has 2 aromatic heterocycles. The fourth-order valence-electron chi connectivity index (χ4n) is 2.80. The van der Waals surface area contributed by atoms with Crippen LogP contribution < -0.4 is 10.2 Å². The highest BCUT2D eigenvalue weighted by Crippen LogP contribution is 2.30. The Morgan fingerprint density at radius 2 is 2.33 bits per heavy atom. The van der Waals surface area contributed by atoms with Crippen molar-refractivity contribution >= 4 is 33.3 Å². The molecule has 1 N–H and O–H groups in total. The zero-order valence-corrected chi connectivity index (χ0v) is 12.3. The lowest BCUT2D eigenvalue weighted by molar-refractivity contribution is -0.125. The highest BCUT2D eigenvalue weighted by molar-refractivity contribution is 7.17. The first-order valence-corrected chi connectivity index (χ1v) is 8.00. The topological polar surface area (TPSA) is 67.4 Å². The van der Waals surface area contributed by atoms with Crippen molar-refractivity contribution in [2.45, 2.75) is 12.5 Å². The van der Waals surface area contributed by atoms with E-state index >= 15 is 0 Å². The van der Waals surface area contributed by atoms with Gasteiger partial charge in [-0.1, -0.05) is 0 Å². The van der Waals surface area contributed by atoms with Gasteiger partial charge in [0.25, 0.3) is 0 Å². The first-order valence-electron chi connectivity index (χ1n) is 7.12. The molecule has 6 nitrogen and oxygen atoms in total. The second kappa shape index (κ2) is 5.23. The largest absolute Gasteiger partial charge is 0.381 e. The maximum atomic E-state index is 12.0. The summed E-state index contributed by atoms with van der Waals surface area (Å²) in [5, 5.41) is 5.13. The smallest absolute Gasteiger partial charge is 0.225 e. The summed E-state index contributed by atoms with van der Waals surface area (Å²) in [5.74, 6) is 1.13. The lowest BCUT2D eigenvalue weighted by atomic mass is 10.1. The molecule has 110 valence electrons. The first-order chi connectivity index (χ1) is 10.3. The van der Waals surface area contributed by atoms with Gasteiger partial charge in [0.2, 0.25) is 5.91 Å². The van der Waals surface area contributed by atoms with E-state index in [1.807, 2.05) is 11.4 Å². The van der Waals surface area contributed by atoms with Crippen molar-refractivity contribution in [1.29, 1.82) is 0 Å². The maximum absolute atomic E-state index is 12.0. The number of ether oxygens (including phenoxy) is 1. The second-order valence-corrected chi connectivity index (χ2v) is 6.42.